The molecule has 0 aromatic carbocycles. The van der Waals surface area contributed by atoms with Crippen LogP contribution in [0.4, 0.5) is 0 Å². The van der Waals surface area contributed by atoms with Gasteiger partial charge in [-0.3, -0.25) is 0 Å². The maximum Gasteiger partial charge on any atom is 0.330 e. The maximum absolute atomic E-state index is 12.0. The highest BCUT2D eigenvalue weighted by Crippen LogP contribution is 2.60. The van der Waals surface area contributed by atoms with Gasteiger partial charge in [0, 0.05) is 28.7 Å². The molecule has 0 radical (unpaired) electrons. The zero-order valence-electron chi connectivity index (χ0n) is 21.7. The molecule has 2 aliphatic carbocycles. The van der Waals surface area contributed by atoms with Crippen LogP contribution >= 0.6 is 0 Å². The molecule has 0 spiro atoms. The lowest BCUT2D eigenvalue weighted by Gasteiger charge is -2.57. The number of fused-ring (bicyclic) bond motifs is 2. The number of carboxylic acids is 3. The van der Waals surface area contributed by atoms with Crippen molar-refractivity contribution >= 4 is 17.9 Å². The first kappa shape index (κ1) is 30.4. The van der Waals surface area contributed by atoms with Crippen LogP contribution in [0.25, 0.3) is 0 Å². The van der Waals surface area contributed by atoms with Crippen molar-refractivity contribution in [2.75, 3.05) is 26.4 Å². The Bertz CT molecular complexity index is 956. The van der Waals surface area contributed by atoms with Crippen molar-refractivity contribution in [3.8, 4) is 0 Å². The quantitative estimate of drug-likeness (QED) is 0.146. The molecule has 3 unspecified atom stereocenters. The second-order valence-corrected chi connectivity index (χ2v) is 10.0. The zero-order chi connectivity index (χ0) is 28.2. The molecule has 2 aliphatic rings. The number of carboxylic acid groups (broad SMARTS) is 3. The summed E-state index contributed by atoms with van der Waals surface area (Å²) in [4.78, 5) is 35.9. The summed E-state index contributed by atoms with van der Waals surface area (Å²) >= 11 is 0. The smallest absolute Gasteiger partial charge is 0.330 e. The molecular formula is C27H38O10. The van der Waals surface area contributed by atoms with Crippen LogP contribution in [-0.2, 0) is 19.1 Å². The summed E-state index contributed by atoms with van der Waals surface area (Å²) in [5.41, 5.74) is -6.10. The Kier molecular flexibility index (Phi) is 9.64. The maximum atomic E-state index is 12.0. The lowest BCUT2D eigenvalue weighted by atomic mass is 9.51. The van der Waals surface area contributed by atoms with E-state index in [0.29, 0.717) is 5.57 Å². The van der Waals surface area contributed by atoms with Crippen LogP contribution in [0.15, 0.2) is 46.6 Å². The van der Waals surface area contributed by atoms with Gasteiger partial charge < -0.3 is 35.4 Å². The minimum Gasteiger partial charge on any atom is -0.478 e. The number of allylic oxidation sites excluding steroid dienone is 4. The predicted octanol–water partition coefficient (Wildman–Crippen LogP) is 2.16. The second kappa shape index (κ2) is 11.7. The number of aliphatic hydroxyl groups is 3. The number of hydrogen-bond donors (Lipinski definition) is 6. The van der Waals surface area contributed by atoms with Gasteiger partial charge >= 0.3 is 17.9 Å². The highest BCUT2D eigenvalue weighted by molar-refractivity contribution is 5.89. The molecule has 0 aromatic heterocycles. The van der Waals surface area contributed by atoms with Gasteiger partial charge in [-0.05, 0) is 64.4 Å². The van der Waals surface area contributed by atoms with Gasteiger partial charge in [0.15, 0.2) is 0 Å². The number of hydrogen-bond acceptors (Lipinski definition) is 7. The van der Waals surface area contributed by atoms with Gasteiger partial charge in [0.2, 0.25) is 0 Å². The van der Waals surface area contributed by atoms with E-state index >= 15 is 0 Å². The van der Waals surface area contributed by atoms with E-state index in [-0.39, 0.29) is 35.2 Å². The van der Waals surface area contributed by atoms with Crippen molar-refractivity contribution in [3.05, 3.63) is 46.6 Å². The number of aliphatic hydroxyl groups excluding tert-OH is 3. The summed E-state index contributed by atoms with van der Waals surface area (Å²) in [6.07, 6.45) is 7.80. The molecule has 3 atom stereocenters. The standard InChI is InChI=1S/C27H38O10/c1-5-37-27(15-30,21-9-19-6-7-20(21)8-19)26(13-28,14-29)25(10-16(2)22(31)32,11-17(3)23(33)34)12-18(4)24(35)36/h9-12,19-20,28-30H,5-8,13-15H2,1-4H3,(H,31,32)(H,33,34)(H,35,36). The molecule has 0 saturated heterocycles. The molecule has 0 amide bonds. The van der Waals surface area contributed by atoms with Gasteiger partial charge in [-0.25, -0.2) is 14.4 Å². The van der Waals surface area contributed by atoms with Crippen LogP contribution in [0.5, 0.6) is 0 Å². The monoisotopic (exact) mass is 522 g/mol. The first-order valence-electron chi connectivity index (χ1n) is 12.3. The first-order valence-corrected chi connectivity index (χ1v) is 12.3. The molecule has 37 heavy (non-hydrogen) atoms. The normalized spacial score (nSPS) is 23.9. The fourth-order valence-corrected chi connectivity index (χ4v) is 6.07. The molecule has 2 rings (SSSR count). The van der Waals surface area contributed by atoms with Crippen LogP contribution in [0.1, 0.15) is 47.0 Å². The molecule has 1 saturated carbocycles. The largest absolute Gasteiger partial charge is 0.478 e. The van der Waals surface area contributed by atoms with Gasteiger partial charge in [0.1, 0.15) is 5.60 Å². The van der Waals surface area contributed by atoms with Crippen LogP contribution < -0.4 is 0 Å². The van der Waals surface area contributed by atoms with Crippen LogP contribution in [0, 0.1) is 22.7 Å². The lowest BCUT2D eigenvalue weighted by Crippen LogP contribution is -2.65. The fourth-order valence-electron chi connectivity index (χ4n) is 6.07. The van der Waals surface area contributed by atoms with E-state index in [2.05, 4.69) is 0 Å². The van der Waals surface area contributed by atoms with E-state index in [1.165, 1.54) is 20.8 Å². The minimum atomic E-state index is -2.04. The van der Waals surface area contributed by atoms with Crippen molar-refractivity contribution in [1.29, 1.82) is 0 Å². The highest BCUT2D eigenvalue weighted by atomic mass is 16.5. The molecular weight excluding hydrogens is 484 g/mol. The van der Waals surface area contributed by atoms with E-state index in [1.54, 1.807) is 6.92 Å². The van der Waals surface area contributed by atoms with E-state index in [9.17, 15) is 45.0 Å². The van der Waals surface area contributed by atoms with Crippen LogP contribution in [0.2, 0.25) is 0 Å². The topological polar surface area (TPSA) is 182 Å². The van der Waals surface area contributed by atoms with E-state index in [0.717, 1.165) is 37.5 Å². The Morgan fingerprint density at radius 3 is 1.59 bits per heavy atom. The number of carbonyl (C=O) groups is 3. The average molecular weight is 523 g/mol. The third-order valence-electron chi connectivity index (χ3n) is 7.93. The van der Waals surface area contributed by atoms with E-state index < -0.39 is 54.2 Å². The van der Waals surface area contributed by atoms with E-state index in [1.807, 2.05) is 6.08 Å². The van der Waals surface area contributed by atoms with Gasteiger partial charge in [-0.1, -0.05) is 24.3 Å². The number of rotatable bonds is 14. The molecule has 2 bridgehead atoms. The molecule has 6 N–H and O–H groups in total. The van der Waals surface area contributed by atoms with Gasteiger partial charge in [0.05, 0.1) is 25.2 Å². The third-order valence-corrected chi connectivity index (χ3v) is 7.93. The van der Waals surface area contributed by atoms with Crippen LogP contribution in [0.3, 0.4) is 0 Å². The summed E-state index contributed by atoms with van der Waals surface area (Å²) in [5, 5.41) is 62.4. The van der Waals surface area contributed by atoms with Crippen molar-refractivity contribution in [2.24, 2.45) is 22.7 Å². The molecule has 206 valence electrons. The van der Waals surface area contributed by atoms with E-state index in [4.69, 9.17) is 4.74 Å². The number of aliphatic carboxylic acids is 3. The third kappa shape index (κ3) is 5.29. The summed E-state index contributed by atoms with van der Waals surface area (Å²) in [6.45, 7) is 2.85. The Hall–Kier alpha value is -2.79. The molecule has 0 aliphatic heterocycles. The Balaban J connectivity index is 3.18. The van der Waals surface area contributed by atoms with Crippen molar-refractivity contribution in [3.63, 3.8) is 0 Å². The molecule has 0 aromatic rings. The Morgan fingerprint density at radius 2 is 1.32 bits per heavy atom. The number of ether oxygens (including phenoxy) is 1. The summed E-state index contributed by atoms with van der Waals surface area (Å²) in [5.74, 6) is -3.97. The fraction of sp³-hybridized carbons (Fsp3) is 0.593. The highest BCUT2D eigenvalue weighted by Gasteiger charge is 2.65. The van der Waals surface area contributed by atoms with Crippen molar-refractivity contribution < 1.29 is 49.8 Å². The average Bonchev–Trinajstić information content (AvgIpc) is 3.48. The van der Waals surface area contributed by atoms with Gasteiger partial charge in [0.25, 0.3) is 0 Å². The molecule has 0 heterocycles. The second-order valence-electron chi connectivity index (χ2n) is 10.0. The predicted molar refractivity (Wildman–Crippen MR) is 134 cm³/mol. The molecule has 10 heteroatoms. The van der Waals surface area contributed by atoms with Crippen LogP contribution in [-0.4, -0.2) is 80.6 Å². The minimum absolute atomic E-state index is 0.0258. The Labute approximate surface area is 216 Å². The van der Waals surface area contributed by atoms with Gasteiger partial charge in [-0.15, -0.1) is 0 Å². The molecule has 10 nitrogen and oxygen atoms in total. The summed E-state index contributed by atoms with van der Waals surface area (Å²) < 4.78 is 6.23. The first-order chi connectivity index (χ1) is 17.3. The van der Waals surface area contributed by atoms with Crippen molar-refractivity contribution in [1.82, 2.24) is 0 Å². The summed E-state index contributed by atoms with van der Waals surface area (Å²) in [6, 6.07) is 0. The van der Waals surface area contributed by atoms with Crippen molar-refractivity contribution in [2.45, 2.75) is 52.6 Å². The molecule has 1 fully saturated rings. The lowest BCUT2D eigenvalue weighted by molar-refractivity contribution is -0.192. The summed E-state index contributed by atoms with van der Waals surface area (Å²) in [7, 11) is 0. The SMILES string of the molecule is CCOC(CO)(C1=CC2CCC1C2)C(CO)(CO)C(C=C(C)C(=O)O)(C=C(C)C(=O)O)C=C(C)C(=O)O. The zero-order valence-corrected chi connectivity index (χ0v) is 21.7. The Morgan fingerprint density at radius 1 is 0.865 bits per heavy atom. The van der Waals surface area contributed by atoms with Gasteiger partial charge in [-0.2, -0.15) is 0 Å².